The highest BCUT2D eigenvalue weighted by atomic mass is 35.5. The molecule has 1 atom stereocenters. The van der Waals surface area contributed by atoms with Gasteiger partial charge in [0.2, 0.25) is 5.88 Å². The highest BCUT2D eigenvalue weighted by Gasteiger charge is 2.38. The maximum absolute atomic E-state index is 13.1. The van der Waals surface area contributed by atoms with Crippen LogP contribution in [0, 0.1) is 0 Å². The zero-order valence-electron chi connectivity index (χ0n) is 13.1. The lowest BCUT2D eigenvalue weighted by molar-refractivity contribution is 0.000795. The monoisotopic (exact) mass is 365 g/mol. The minimum atomic E-state index is -3.89. The number of fused-ring (bicyclic) bond motifs is 1. The summed E-state index contributed by atoms with van der Waals surface area (Å²) in [6.45, 7) is 0. The lowest BCUT2D eigenvalue weighted by Crippen LogP contribution is -2.38. The topological polar surface area (TPSA) is 55.8 Å². The van der Waals surface area contributed by atoms with Crippen LogP contribution in [0.4, 0.5) is 0 Å². The number of hydrogen-bond donors (Lipinski definition) is 0. The molecule has 0 N–H and O–H groups in total. The van der Waals surface area contributed by atoms with Crippen molar-refractivity contribution in [3.8, 4) is 0 Å². The van der Waals surface area contributed by atoms with Crippen molar-refractivity contribution in [2.45, 2.75) is 11.1 Å². The molecule has 0 aromatic heterocycles. The van der Waals surface area contributed by atoms with Gasteiger partial charge in [-0.1, -0.05) is 35.9 Å². The molecule has 2 aromatic carbocycles. The van der Waals surface area contributed by atoms with E-state index in [9.17, 15) is 8.42 Å². The van der Waals surface area contributed by atoms with Gasteiger partial charge in [-0.2, -0.15) is 0 Å². The van der Waals surface area contributed by atoms with E-state index in [1.54, 1.807) is 6.08 Å². The van der Waals surface area contributed by atoms with Gasteiger partial charge in [0, 0.05) is 23.8 Å². The maximum Gasteiger partial charge on any atom is 0.269 e. The number of halogens is 1. The van der Waals surface area contributed by atoms with Crippen molar-refractivity contribution in [2.24, 2.45) is 0 Å². The fourth-order valence-corrected chi connectivity index (χ4v) is 4.29. The number of nitrogens with zero attached hydrogens (tertiary/aromatic N) is 1. The lowest BCUT2D eigenvalue weighted by atomic mass is 10.0. The first-order valence-electron chi connectivity index (χ1n) is 7.16. The number of sulfonamides is 1. The van der Waals surface area contributed by atoms with E-state index in [0.29, 0.717) is 5.02 Å². The predicted molar refractivity (Wildman–Crippen MR) is 91.7 cm³/mol. The Hall–Kier alpha value is -2.02. The van der Waals surface area contributed by atoms with Crippen LogP contribution >= 0.6 is 11.6 Å². The first-order valence-corrected chi connectivity index (χ1v) is 8.98. The molecule has 1 unspecified atom stereocenters. The molecule has 0 saturated carbocycles. The van der Waals surface area contributed by atoms with Gasteiger partial charge in [-0.3, -0.25) is 0 Å². The largest absolute Gasteiger partial charge is 0.482 e. The van der Waals surface area contributed by atoms with Crippen molar-refractivity contribution in [1.82, 2.24) is 4.31 Å². The van der Waals surface area contributed by atoms with E-state index in [-0.39, 0.29) is 10.8 Å². The Kier molecular flexibility index (Phi) is 4.54. The number of rotatable bonds is 4. The van der Waals surface area contributed by atoms with Crippen LogP contribution in [0.2, 0.25) is 5.02 Å². The molecular weight excluding hydrogens is 350 g/mol. The Labute approximate surface area is 146 Å². The highest BCUT2D eigenvalue weighted by Crippen LogP contribution is 2.39. The van der Waals surface area contributed by atoms with Crippen LogP contribution in [0.5, 0.6) is 0 Å². The molecule has 0 spiro atoms. The van der Waals surface area contributed by atoms with Gasteiger partial charge in [0.25, 0.3) is 10.0 Å². The average molecular weight is 366 g/mol. The normalized spacial score (nSPS) is 17.2. The summed E-state index contributed by atoms with van der Waals surface area (Å²) in [5, 5.41) is 0.462. The molecule has 3 rings (SSSR count). The molecule has 126 valence electrons. The van der Waals surface area contributed by atoms with Crippen LogP contribution in [-0.2, 0) is 19.5 Å². The zero-order valence-corrected chi connectivity index (χ0v) is 14.7. The van der Waals surface area contributed by atoms with Crippen molar-refractivity contribution in [2.75, 3.05) is 14.2 Å². The van der Waals surface area contributed by atoms with Crippen LogP contribution < -0.4 is 0 Å². The molecule has 0 amide bonds. The molecule has 24 heavy (non-hydrogen) atoms. The van der Waals surface area contributed by atoms with E-state index in [4.69, 9.17) is 21.1 Å². The van der Waals surface area contributed by atoms with E-state index >= 15 is 0 Å². The summed E-state index contributed by atoms with van der Waals surface area (Å²) in [4.78, 5) is 0.108. The molecule has 1 aliphatic heterocycles. The van der Waals surface area contributed by atoms with Crippen molar-refractivity contribution < 1.29 is 17.9 Å². The Balaban J connectivity index is 2.16. The van der Waals surface area contributed by atoms with Gasteiger partial charge in [0.05, 0.1) is 12.0 Å². The van der Waals surface area contributed by atoms with Crippen LogP contribution in [0.25, 0.3) is 6.08 Å². The van der Waals surface area contributed by atoms with Gasteiger partial charge < -0.3 is 9.47 Å². The molecular formula is C17H16ClNO4S. The van der Waals surface area contributed by atoms with E-state index in [0.717, 1.165) is 15.4 Å². The van der Waals surface area contributed by atoms with E-state index < -0.39 is 16.3 Å². The zero-order chi connectivity index (χ0) is 17.3. The van der Waals surface area contributed by atoms with Gasteiger partial charge in [-0.05, 0) is 29.8 Å². The summed E-state index contributed by atoms with van der Waals surface area (Å²) in [6.07, 6.45) is 0.861. The SMILES string of the molecule is COC1=Cc2ccccc2C(OC)N1S(=O)(=O)c1ccc(Cl)cc1. The third kappa shape index (κ3) is 2.77. The van der Waals surface area contributed by atoms with E-state index in [2.05, 4.69) is 0 Å². The Bertz CT molecular complexity index is 878. The predicted octanol–water partition coefficient (Wildman–Crippen LogP) is 3.63. The van der Waals surface area contributed by atoms with Crippen LogP contribution in [0.3, 0.4) is 0 Å². The van der Waals surface area contributed by atoms with Gasteiger partial charge in [-0.15, -0.1) is 0 Å². The second kappa shape index (κ2) is 6.47. The number of methoxy groups -OCH3 is 2. The minimum absolute atomic E-state index is 0.108. The summed E-state index contributed by atoms with van der Waals surface area (Å²) in [7, 11) is -0.997. The summed E-state index contributed by atoms with van der Waals surface area (Å²) in [5.41, 5.74) is 1.60. The molecule has 0 radical (unpaired) electrons. The van der Waals surface area contributed by atoms with Crippen molar-refractivity contribution in [3.05, 3.63) is 70.6 Å². The summed E-state index contributed by atoms with van der Waals surface area (Å²) in [5.74, 6) is 0.190. The Morgan fingerprint density at radius 2 is 1.71 bits per heavy atom. The summed E-state index contributed by atoms with van der Waals surface area (Å²) >= 11 is 5.86. The van der Waals surface area contributed by atoms with Crippen LogP contribution in [0.1, 0.15) is 17.4 Å². The van der Waals surface area contributed by atoms with Gasteiger partial charge >= 0.3 is 0 Å². The number of ether oxygens (including phenoxy) is 2. The van der Waals surface area contributed by atoms with Gasteiger partial charge in [0.1, 0.15) is 0 Å². The molecule has 0 aliphatic carbocycles. The fraction of sp³-hybridized carbons (Fsp3) is 0.176. The van der Waals surface area contributed by atoms with Gasteiger partial charge in [0.15, 0.2) is 6.23 Å². The lowest BCUT2D eigenvalue weighted by Gasteiger charge is -2.35. The van der Waals surface area contributed by atoms with Gasteiger partial charge in [-0.25, -0.2) is 12.7 Å². The number of benzene rings is 2. The Morgan fingerprint density at radius 1 is 1.04 bits per heavy atom. The van der Waals surface area contributed by atoms with Crippen LogP contribution in [-0.4, -0.2) is 26.9 Å². The molecule has 0 saturated heterocycles. The summed E-state index contributed by atoms with van der Waals surface area (Å²) < 4.78 is 38.2. The molecule has 0 fully saturated rings. The molecule has 1 heterocycles. The Morgan fingerprint density at radius 3 is 2.33 bits per heavy atom. The third-order valence-electron chi connectivity index (χ3n) is 3.77. The van der Waals surface area contributed by atoms with Crippen LogP contribution in [0.15, 0.2) is 59.3 Å². The third-order valence-corrected chi connectivity index (χ3v) is 5.78. The minimum Gasteiger partial charge on any atom is -0.482 e. The van der Waals surface area contributed by atoms with Crippen molar-refractivity contribution >= 4 is 27.7 Å². The fourth-order valence-electron chi connectivity index (χ4n) is 2.64. The highest BCUT2D eigenvalue weighted by molar-refractivity contribution is 7.89. The molecule has 0 bridgehead atoms. The van der Waals surface area contributed by atoms with E-state index in [1.807, 2.05) is 24.3 Å². The standard InChI is InChI=1S/C17H16ClNO4S/c1-22-16-11-12-5-3-4-6-15(12)17(23-2)19(16)24(20,21)14-9-7-13(18)8-10-14/h3-11,17H,1-2H3. The van der Waals surface area contributed by atoms with Crippen molar-refractivity contribution in [1.29, 1.82) is 0 Å². The second-order valence-corrected chi connectivity index (χ2v) is 7.41. The molecule has 2 aromatic rings. The average Bonchev–Trinajstić information content (AvgIpc) is 2.60. The second-order valence-electron chi connectivity index (χ2n) is 5.16. The summed E-state index contributed by atoms with van der Waals surface area (Å²) in [6, 6.07) is 13.4. The quantitative estimate of drug-likeness (QED) is 0.830. The molecule has 7 heteroatoms. The first kappa shape index (κ1) is 16.8. The molecule has 1 aliphatic rings. The number of hydrogen-bond acceptors (Lipinski definition) is 4. The smallest absolute Gasteiger partial charge is 0.269 e. The maximum atomic E-state index is 13.1. The molecule has 5 nitrogen and oxygen atoms in total. The first-order chi connectivity index (χ1) is 11.5. The van der Waals surface area contributed by atoms with E-state index in [1.165, 1.54) is 38.5 Å². The van der Waals surface area contributed by atoms with Crippen molar-refractivity contribution in [3.63, 3.8) is 0 Å².